The van der Waals surface area contributed by atoms with Crippen molar-refractivity contribution in [2.45, 2.75) is 11.0 Å². The molecule has 108 valence electrons. The van der Waals surface area contributed by atoms with Crippen LogP contribution in [0.2, 0.25) is 0 Å². The predicted molar refractivity (Wildman–Crippen MR) is 75.0 cm³/mol. The lowest BCUT2D eigenvalue weighted by molar-refractivity contribution is 0.174. The van der Waals surface area contributed by atoms with Gasteiger partial charge in [0.15, 0.2) is 0 Å². The van der Waals surface area contributed by atoms with E-state index in [0.717, 1.165) is 0 Å². The molecule has 2 N–H and O–H groups in total. The number of nitrogens with one attached hydrogen (secondary N) is 1. The summed E-state index contributed by atoms with van der Waals surface area (Å²) in [6.07, 6.45) is -0.649. The van der Waals surface area contributed by atoms with Crippen molar-refractivity contribution >= 4 is 10.8 Å². The standard InChI is InChI=1S/C13H21NO4S/c1-17-7-6-14-9-11(15)10-19(16)13-5-3-4-12(8-13)18-2/h3-5,8,11,14-15H,6-7,9-10H2,1-2H3. The first-order valence-electron chi connectivity index (χ1n) is 6.07. The highest BCUT2D eigenvalue weighted by Gasteiger charge is 2.11. The highest BCUT2D eigenvalue weighted by molar-refractivity contribution is 7.85. The maximum atomic E-state index is 12.1. The summed E-state index contributed by atoms with van der Waals surface area (Å²) in [5.74, 6) is 0.867. The first kappa shape index (κ1) is 16.1. The number of benzene rings is 1. The van der Waals surface area contributed by atoms with Gasteiger partial charge in [-0.05, 0) is 18.2 Å². The van der Waals surface area contributed by atoms with E-state index in [4.69, 9.17) is 9.47 Å². The van der Waals surface area contributed by atoms with Crippen molar-refractivity contribution in [2.24, 2.45) is 0 Å². The maximum absolute atomic E-state index is 12.1. The molecule has 0 amide bonds. The number of rotatable bonds is 9. The van der Waals surface area contributed by atoms with E-state index in [9.17, 15) is 9.32 Å². The Hall–Kier alpha value is -0.950. The smallest absolute Gasteiger partial charge is 0.120 e. The minimum absolute atomic E-state index is 0.202. The summed E-state index contributed by atoms with van der Waals surface area (Å²) in [6.45, 7) is 1.66. The number of methoxy groups -OCH3 is 2. The van der Waals surface area contributed by atoms with Crippen molar-refractivity contribution in [2.75, 3.05) is 39.7 Å². The Morgan fingerprint density at radius 2 is 2.21 bits per heavy atom. The van der Waals surface area contributed by atoms with Crippen LogP contribution in [-0.2, 0) is 15.5 Å². The maximum Gasteiger partial charge on any atom is 0.120 e. The zero-order valence-corrected chi connectivity index (χ0v) is 12.1. The number of aliphatic hydroxyl groups excluding tert-OH is 1. The lowest BCUT2D eigenvalue weighted by Gasteiger charge is -2.11. The van der Waals surface area contributed by atoms with Crippen LogP contribution < -0.4 is 10.1 Å². The Morgan fingerprint density at radius 3 is 2.89 bits per heavy atom. The van der Waals surface area contributed by atoms with Gasteiger partial charge in [0, 0.05) is 25.1 Å². The van der Waals surface area contributed by atoms with Crippen molar-refractivity contribution in [1.29, 1.82) is 0 Å². The van der Waals surface area contributed by atoms with E-state index in [1.54, 1.807) is 38.5 Å². The van der Waals surface area contributed by atoms with Crippen LogP contribution in [0.1, 0.15) is 0 Å². The second-order valence-electron chi connectivity index (χ2n) is 4.04. The normalized spacial score (nSPS) is 14.1. The van der Waals surface area contributed by atoms with E-state index in [2.05, 4.69) is 5.32 Å². The highest BCUT2D eigenvalue weighted by Crippen LogP contribution is 2.16. The summed E-state index contributed by atoms with van der Waals surface area (Å²) in [6, 6.07) is 7.07. The predicted octanol–water partition coefficient (Wildman–Crippen LogP) is 0.400. The molecule has 0 bridgehead atoms. The molecular formula is C13H21NO4S. The molecule has 5 nitrogen and oxygen atoms in total. The second-order valence-corrected chi connectivity index (χ2v) is 5.54. The van der Waals surface area contributed by atoms with Crippen LogP contribution in [0.25, 0.3) is 0 Å². The molecule has 1 aromatic rings. The van der Waals surface area contributed by atoms with E-state index in [0.29, 0.717) is 30.3 Å². The highest BCUT2D eigenvalue weighted by atomic mass is 32.2. The number of hydrogen-bond donors (Lipinski definition) is 2. The molecule has 0 saturated carbocycles. The van der Waals surface area contributed by atoms with Gasteiger partial charge < -0.3 is 19.9 Å². The molecule has 1 rings (SSSR count). The molecule has 2 atom stereocenters. The van der Waals surface area contributed by atoms with Crippen molar-refractivity contribution < 1.29 is 18.8 Å². The minimum Gasteiger partial charge on any atom is -0.497 e. The SMILES string of the molecule is COCCNCC(O)CS(=O)c1cccc(OC)c1. The number of hydrogen-bond acceptors (Lipinski definition) is 5. The quantitative estimate of drug-likeness (QED) is 0.644. The van der Waals surface area contributed by atoms with Crippen LogP contribution >= 0.6 is 0 Å². The first-order chi connectivity index (χ1) is 9.17. The first-order valence-corrected chi connectivity index (χ1v) is 7.39. The fraction of sp³-hybridized carbons (Fsp3) is 0.538. The molecule has 19 heavy (non-hydrogen) atoms. The van der Waals surface area contributed by atoms with Crippen LogP contribution in [0.5, 0.6) is 5.75 Å². The van der Waals surface area contributed by atoms with Gasteiger partial charge in [-0.15, -0.1) is 0 Å². The van der Waals surface area contributed by atoms with Gasteiger partial charge in [0.1, 0.15) is 5.75 Å². The average molecular weight is 287 g/mol. The molecule has 0 fully saturated rings. The lowest BCUT2D eigenvalue weighted by atomic mass is 10.3. The summed E-state index contributed by atoms with van der Waals surface area (Å²) >= 11 is 0. The van der Waals surface area contributed by atoms with Crippen molar-refractivity contribution in [3.05, 3.63) is 24.3 Å². The molecule has 0 aliphatic carbocycles. The average Bonchev–Trinajstić information content (AvgIpc) is 2.43. The van der Waals surface area contributed by atoms with Gasteiger partial charge in [-0.2, -0.15) is 0 Å². The van der Waals surface area contributed by atoms with E-state index in [1.807, 2.05) is 0 Å². The Kier molecular flexibility index (Phi) is 7.66. The summed E-state index contributed by atoms with van der Waals surface area (Å²) in [4.78, 5) is 0.662. The number of ether oxygens (including phenoxy) is 2. The van der Waals surface area contributed by atoms with E-state index in [-0.39, 0.29) is 5.75 Å². The Morgan fingerprint density at radius 1 is 1.42 bits per heavy atom. The van der Waals surface area contributed by atoms with Gasteiger partial charge in [0.05, 0.1) is 36.4 Å². The van der Waals surface area contributed by atoms with Gasteiger partial charge in [-0.25, -0.2) is 0 Å². The molecule has 0 aliphatic rings. The van der Waals surface area contributed by atoms with Gasteiger partial charge in [-0.1, -0.05) is 6.07 Å². The topological polar surface area (TPSA) is 67.8 Å². The molecule has 0 radical (unpaired) electrons. The third-order valence-corrected chi connectivity index (χ3v) is 3.98. The molecule has 1 aromatic carbocycles. The van der Waals surface area contributed by atoms with Gasteiger partial charge >= 0.3 is 0 Å². The van der Waals surface area contributed by atoms with Gasteiger partial charge in [-0.3, -0.25) is 4.21 Å². The molecular weight excluding hydrogens is 266 g/mol. The molecule has 0 heterocycles. The third kappa shape index (κ3) is 6.15. The fourth-order valence-electron chi connectivity index (χ4n) is 1.52. The van der Waals surface area contributed by atoms with Crippen LogP contribution in [0.15, 0.2) is 29.2 Å². The molecule has 2 unspecified atom stereocenters. The summed E-state index contributed by atoms with van der Waals surface area (Å²) in [7, 11) is 1.95. The van der Waals surface area contributed by atoms with Crippen molar-refractivity contribution in [1.82, 2.24) is 5.32 Å². The summed E-state index contributed by atoms with van der Waals surface area (Å²) < 4.78 is 22.0. The monoisotopic (exact) mass is 287 g/mol. The molecule has 0 spiro atoms. The van der Waals surface area contributed by atoms with Crippen LogP contribution in [0.3, 0.4) is 0 Å². The number of aliphatic hydroxyl groups is 1. The largest absolute Gasteiger partial charge is 0.497 e. The zero-order valence-electron chi connectivity index (χ0n) is 11.3. The van der Waals surface area contributed by atoms with Gasteiger partial charge in [0.25, 0.3) is 0 Å². The molecule has 0 aliphatic heterocycles. The van der Waals surface area contributed by atoms with E-state index < -0.39 is 16.9 Å². The molecule has 0 saturated heterocycles. The summed E-state index contributed by atoms with van der Waals surface area (Å²) in [5, 5.41) is 12.8. The minimum atomic E-state index is -1.23. The fourth-order valence-corrected chi connectivity index (χ4v) is 2.65. The van der Waals surface area contributed by atoms with Gasteiger partial charge in [0.2, 0.25) is 0 Å². The van der Waals surface area contributed by atoms with Crippen molar-refractivity contribution in [3.8, 4) is 5.75 Å². The van der Waals surface area contributed by atoms with Crippen LogP contribution in [0, 0.1) is 0 Å². The Balaban J connectivity index is 2.40. The summed E-state index contributed by atoms with van der Waals surface area (Å²) in [5.41, 5.74) is 0. The Labute approximate surface area is 116 Å². The van der Waals surface area contributed by atoms with E-state index >= 15 is 0 Å². The van der Waals surface area contributed by atoms with Crippen molar-refractivity contribution in [3.63, 3.8) is 0 Å². The second kappa shape index (κ2) is 9.03. The van der Waals surface area contributed by atoms with E-state index in [1.165, 1.54) is 0 Å². The van der Waals surface area contributed by atoms with Crippen LogP contribution in [0.4, 0.5) is 0 Å². The molecule has 0 aromatic heterocycles. The third-order valence-electron chi connectivity index (χ3n) is 2.51. The molecule has 6 heteroatoms. The van der Waals surface area contributed by atoms with Crippen LogP contribution in [-0.4, -0.2) is 55.1 Å². The zero-order chi connectivity index (χ0) is 14.1. The Bertz CT molecular complexity index is 400. The lowest BCUT2D eigenvalue weighted by Crippen LogP contribution is -2.32.